The van der Waals surface area contributed by atoms with Gasteiger partial charge in [0.05, 0.1) is 0 Å². The van der Waals surface area contributed by atoms with Gasteiger partial charge in [0.25, 0.3) is 0 Å². The fraction of sp³-hybridized carbons (Fsp3) is 0.667. The van der Waals surface area contributed by atoms with Crippen molar-refractivity contribution < 1.29 is 26.7 Å². The van der Waals surface area contributed by atoms with Crippen LogP contribution in [-0.4, -0.2) is 51.4 Å². The summed E-state index contributed by atoms with van der Waals surface area (Å²) in [5.41, 5.74) is 0. The van der Waals surface area contributed by atoms with Gasteiger partial charge in [0.15, 0.2) is 0 Å². The summed E-state index contributed by atoms with van der Waals surface area (Å²) >= 11 is 0. The topological polar surface area (TPSA) is 37.3 Å². The molecular formula is C9H22CoO2P2. The molecule has 0 aromatic carbocycles. The van der Waals surface area contributed by atoms with Gasteiger partial charge < -0.3 is 9.90 Å². The monoisotopic (exact) mass is 283 g/mol. The minimum absolute atomic E-state index is 0. The van der Waals surface area contributed by atoms with E-state index in [9.17, 15) is 0 Å². The van der Waals surface area contributed by atoms with E-state index < -0.39 is 0 Å². The van der Waals surface area contributed by atoms with Crippen LogP contribution in [0.1, 0.15) is 0 Å². The van der Waals surface area contributed by atoms with E-state index in [1.165, 1.54) is 6.29 Å². The van der Waals surface area contributed by atoms with E-state index in [4.69, 9.17) is 9.90 Å². The Hall–Kier alpha value is 0.576. The first-order valence-corrected chi connectivity index (χ1v) is 9.13. The number of carbonyl (C=O) groups excluding carboxylic acids is 1. The van der Waals surface area contributed by atoms with Crippen molar-refractivity contribution in [2.24, 2.45) is 0 Å². The first-order valence-electron chi connectivity index (χ1n) is 3.77. The standard InChI is InChI=1S/C3H3O2.2C3H9P.Co.H/c4-2-1-3-5;2*1-4(2)3;;/h1-2,4H;2*1-3H3;;/q-1;;;+1;/b2-1-;;;;. The second-order valence-electron chi connectivity index (χ2n) is 3.12. The molecule has 5 heteroatoms. The van der Waals surface area contributed by atoms with Crippen LogP contribution in [0.4, 0.5) is 0 Å². The van der Waals surface area contributed by atoms with Crippen LogP contribution in [0.25, 0.3) is 0 Å². The van der Waals surface area contributed by atoms with Crippen molar-refractivity contribution in [1.82, 2.24) is 0 Å². The Morgan fingerprint density at radius 2 is 1.21 bits per heavy atom. The second kappa shape index (κ2) is 23.4. The van der Waals surface area contributed by atoms with Crippen LogP contribution in [0, 0.1) is 0 Å². The first-order chi connectivity index (χ1) is 5.88. The molecule has 0 unspecified atom stereocenters. The molecule has 0 aliphatic rings. The predicted molar refractivity (Wildman–Crippen MR) is 68.2 cm³/mol. The summed E-state index contributed by atoms with van der Waals surface area (Å²) in [4.78, 5) is 9.03. The molecule has 0 radical (unpaired) electrons. The van der Waals surface area contributed by atoms with E-state index in [2.05, 4.69) is 40.0 Å². The molecule has 89 valence electrons. The Balaban J connectivity index is -0.0000000522. The summed E-state index contributed by atoms with van der Waals surface area (Å²) in [6.45, 7) is 13.4. The maximum atomic E-state index is 9.03. The Kier molecular flexibility index (Phi) is 40.2. The van der Waals surface area contributed by atoms with E-state index in [1.807, 2.05) is 0 Å². The molecule has 0 heterocycles. The van der Waals surface area contributed by atoms with Gasteiger partial charge in [-0.2, -0.15) is 6.08 Å². The molecule has 0 atom stereocenters. The number of aliphatic hydroxyl groups excluding tert-OH is 1. The molecule has 1 N–H and O–H groups in total. The molecule has 0 bridgehead atoms. The number of allylic oxidation sites excluding steroid dienone is 1. The Bertz CT molecular complexity index is 106. The summed E-state index contributed by atoms with van der Waals surface area (Å²) in [6.07, 6.45) is 2.84. The molecule has 0 aliphatic carbocycles. The molecule has 0 aliphatic heterocycles. The van der Waals surface area contributed by atoms with Gasteiger partial charge in [-0.25, -0.2) is 0 Å². The molecule has 0 rings (SSSR count). The van der Waals surface area contributed by atoms with E-state index in [0.717, 1.165) is 6.08 Å². The zero-order chi connectivity index (χ0) is 11.3. The Morgan fingerprint density at radius 1 is 1.00 bits per heavy atom. The second-order valence-corrected chi connectivity index (χ2v) is 8.48. The van der Waals surface area contributed by atoms with Crippen molar-refractivity contribution in [3.8, 4) is 0 Å². The number of hydrogen-bond acceptors (Lipinski definition) is 2. The van der Waals surface area contributed by atoms with Crippen molar-refractivity contribution in [3.63, 3.8) is 0 Å². The van der Waals surface area contributed by atoms with E-state index in [1.54, 1.807) is 0 Å². The van der Waals surface area contributed by atoms with Crippen LogP contribution < -0.4 is 0 Å². The molecule has 2 nitrogen and oxygen atoms in total. The van der Waals surface area contributed by atoms with E-state index >= 15 is 0 Å². The molecule has 0 fully saturated rings. The third-order valence-electron chi connectivity index (χ3n) is 0.143. The van der Waals surface area contributed by atoms with Crippen molar-refractivity contribution in [1.29, 1.82) is 0 Å². The van der Waals surface area contributed by atoms with Crippen molar-refractivity contribution >= 4 is 22.1 Å². The Labute approximate surface area is 101 Å². The van der Waals surface area contributed by atoms with E-state index in [-0.39, 0.29) is 16.8 Å². The summed E-state index contributed by atoms with van der Waals surface area (Å²) < 4.78 is 0. The average Bonchev–Trinajstić information content (AvgIpc) is 1.86. The third kappa shape index (κ3) is 254. The molecule has 0 saturated carbocycles. The average molecular weight is 283 g/mol. The van der Waals surface area contributed by atoms with Crippen molar-refractivity contribution in [2.75, 3.05) is 40.0 Å². The minimum atomic E-state index is 0. The van der Waals surface area contributed by atoms with Crippen molar-refractivity contribution in [2.45, 2.75) is 0 Å². The molecular weight excluding hydrogens is 261 g/mol. The fourth-order valence-electron chi connectivity index (χ4n) is 0.0304. The van der Waals surface area contributed by atoms with Crippen LogP contribution in [0.15, 0.2) is 12.3 Å². The van der Waals surface area contributed by atoms with Crippen LogP contribution >= 0.6 is 15.8 Å². The quantitative estimate of drug-likeness (QED) is 0.347. The van der Waals surface area contributed by atoms with Gasteiger partial charge in [-0.1, -0.05) is 6.26 Å². The molecule has 0 aromatic heterocycles. The molecule has 0 amide bonds. The molecule has 14 heavy (non-hydrogen) atoms. The zero-order valence-corrected chi connectivity index (χ0v) is 12.7. The van der Waals surface area contributed by atoms with Gasteiger partial charge >= 0.3 is 16.8 Å². The van der Waals surface area contributed by atoms with Crippen LogP contribution in [0.3, 0.4) is 0 Å². The van der Waals surface area contributed by atoms with Gasteiger partial charge in [0.2, 0.25) is 0 Å². The summed E-state index contributed by atoms with van der Waals surface area (Å²) in [7, 11) is 0.759. The third-order valence-corrected chi connectivity index (χ3v) is 0.143. The molecule has 0 aromatic rings. The number of aliphatic hydroxyl groups is 1. The predicted octanol–water partition coefficient (Wildman–Crippen LogP) is 2.61. The Morgan fingerprint density at radius 3 is 1.21 bits per heavy atom. The zero-order valence-electron chi connectivity index (χ0n) is 9.76. The summed E-state index contributed by atoms with van der Waals surface area (Å²) in [6, 6.07) is 0. The SMILES string of the molecule is CP(C)C.CP(C)C.O=[C-]/C=C\O.[CoH+]. The van der Waals surface area contributed by atoms with Crippen LogP contribution in [-0.2, 0) is 21.6 Å². The van der Waals surface area contributed by atoms with Crippen LogP contribution in [0.2, 0.25) is 0 Å². The number of rotatable bonds is 1. The first kappa shape index (κ1) is 24.0. The van der Waals surface area contributed by atoms with Gasteiger partial charge in [0.1, 0.15) is 0 Å². The van der Waals surface area contributed by atoms with Crippen LogP contribution in [0.5, 0.6) is 0 Å². The summed E-state index contributed by atoms with van der Waals surface area (Å²) in [5, 5.41) is 7.62. The summed E-state index contributed by atoms with van der Waals surface area (Å²) in [5.74, 6) is 0. The molecule has 0 spiro atoms. The molecule has 0 saturated heterocycles. The van der Waals surface area contributed by atoms with Gasteiger partial charge in [0, 0.05) is 0 Å². The maximum absolute atomic E-state index is 9.03. The van der Waals surface area contributed by atoms with Crippen molar-refractivity contribution in [3.05, 3.63) is 12.3 Å². The normalized spacial score (nSPS) is 8.29. The van der Waals surface area contributed by atoms with Gasteiger partial charge in [-0.05, 0) is 46.3 Å². The fourth-order valence-corrected chi connectivity index (χ4v) is 0.0304. The van der Waals surface area contributed by atoms with Gasteiger partial charge in [-0.15, -0.1) is 15.8 Å². The van der Waals surface area contributed by atoms with E-state index in [0.29, 0.717) is 22.1 Å². The van der Waals surface area contributed by atoms with Gasteiger partial charge in [-0.3, -0.25) is 0 Å². The number of hydrogen-bond donors (Lipinski definition) is 1.